The monoisotopic (exact) mass is 360 g/mol. The van der Waals surface area contributed by atoms with E-state index in [9.17, 15) is 22.0 Å². The van der Waals surface area contributed by atoms with Crippen LogP contribution in [-0.4, -0.2) is 30.8 Å². The molecule has 1 aromatic heterocycles. The second-order valence-electron chi connectivity index (χ2n) is 5.01. The molecule has 0 saturated heterocycles. The number of carbonyl (C=O) groups excluding carboxylic acids is 1. The second kappa shape index (κ2) is 6.71. The average molecular weight is 360 g/mol. The molecular weight excluding hydrogens is 346 g/mol. The Morgan fingerprint density at radius 3 is 2.70 bits per heavy atom. The third-order valence-electron chi connectivity index (χ3n) is 3.17. The molecule has 0 fully saturated rings. The quantitative estimate of drug-likeness (QED) is 0.888. The van der Waals surface area contributed by atoms with Crippen LogP contribution >= 0.6 is 11.3 Å². The van der Waals surface area contributed by atoms with Crippen molar-refractivity contribution in [1.82, 2.24) is 4.98 Å². The van der Waals surface area contributed by atoms with Gasteiger partial charge in [0, 0.05) is 29.8 Å². The number of aromatic nitrogens is 1. The minimum atomic E-state index is -3.49. The Morgan fingerprint density at radius 2 is 2.09 bits per heavy atom. The number of carbonyl (C=O) groups is 1. The first-order chi connectivity index (χ1) is 10.7. The summed E-state index contributed by atoms with van der Waals surface area (Å²) in [7, 11) is -3.49. The van der Waals surface area contributed by atoms with Crippen molar-refractivity contribution >= 4 is 32.2 Å². The van der Waals surface area contributed by atoms with Gasteiger partial charge in [0.2, 0.25) is 5.91 Å². The van der Waals surface area contributed by atoms with Crippen molar-refractivity contribution in [2.45, 2.75) is 18.6 Å². The number of rotatable bonds is 5. The molecule has 0 bridgehead atoms. The Labute approximate surface area is 136 Å². The predicted molar refractivity (Wildman–Crippen MR) is 84.2 cm³/mol. The van der Waals surface area contributed by atoms with Crippen LogP contribution in [-0.2, 0) is 21.1 Å². The minimum absolute atomic E-state index is 0.196. The summed E-state index contributed by atoms with van der Waals surface area (Å²) < 4.78 is 49.1. The van der Waals surface area contributed by atoms with E-state index in [0.29, 0.717) is 10.4 Å². The van der Waals surface area contributed by atoms with E-state index in [0.717, 1.165) is 29.7 Å². The molecule has 0 aliphatic carbocycles. The largest absolute Gasteiger partial charge is 0.301 e. The van der Waals surface area contributed by atoms with Gasteiger partial charge in [-0.05, 0) is 18.6 Å². The van der Waals surface area contributed by atoms with Gasteiger partial charge >= 0.3 is 0 Å². The Kier molecular flexibility index (Phi) is 5.10. The van der Waals surface area contributed by atoms with Gasteiger partial charge in [-0.1, -0.05) is 6.07 Å². The number of hydrogen-bond acceptors (Lipinski definition) is 5. The lowest BCUT2D eigenvalue weighted by molar-refractivity contribution is -0.115. The topological polar surface area (TPSA) is 76.1 Å². The molecule has 0 aliphatic rings. The van der Waals surface area contributed by atoms with Crippen LogP contribution in [0.3, 0.4) is 0 Å². The van der Waals surface area contributed by atoms with Crippen LogP contribution in [0.25, 0.3) is 0 Å². The fourth-order valence-electron chi connectivity index (χ4n) is 1.70. The molecule has 0 aliphatic heterocycles. The number of nitrogens with one attached hydrogen (secondary N) is 1. The van der Waals surface area contributed by atoms with E-state index in [1.807, 2.05) is 0 Å². The summed E-state index contributed by atoms with van der Waals surface area (Å²) in [6.07, 6.45) is 2.62. The maximum absolute atomic E-state index is 13.6. The molecule has 23 heavy (non-hydrogen) atoms. The third-order valence-corrected chi connectivity index (χ3v) is 5.59. The minimum Gasteiger partial charge on any atom is -0.301 e. The molecule has 1 aromatic carbocycles. The van der Waals surface area contributed by atoms with Crippen molar-refractivity contribution in [3.63, 3.8) is 0 Å². The summed E-state index contributed by atoms with van der Waals surface area (Å²) in [5.41, 5.74) is 0.303. The lowest BCUT2D eigenvalue weighted by Gasteiger charge is -2.07. The van der Waals surface area contributed by atoms with Crippen LogP contribution in [0.5, 0.6) is 0 Å². The van der Waals surface area contributed by atoms with Crippen LogP contribution in [0.15, 0.2) is 24.4 Å². The van der Waals surface area contributed by atoms with Crippen LogP contribution < -0.4 is 5.32 Å². The molecule has 0 radical (unpaired) electrons. The van der Waals surface area contributed by atoms with Crippen molar-refractivity contribution in [2.24, 2.45) is 0 Å². The highest BCUT2D eigenvalue weighted by Gasteiger charge is 2.24. The van der Waals surface area contributed by atoms with Crippen molar-refractivity contribution < 1.29 is 22.0 Å². The molecule has 1 atom stereocenters. The number of halogens is 2. The van der Waals surface area contributed by atoms with E-state index in [1.54, 1.807) is 0 Å². The van der Waals surface area contributed by atoms with Crippen molar-refractivity contribution in [2.75, 3.05) is 11.6 Å². The molecule has 5 nitrogen and oxygen atoms in total. The SMILES string of the molecule is CC(C(=O)Nc1ncc(Cc2ccc(F)cc2F)s1)S(C)(=O)=O. The first kappa shape index (κ1) is 17.5. The van der Waals surface area contributed by atoms with Crippen LogP contribution in [0.2, 0.25) is 0 Å². The van der Waals surface area contributed by atoms with Crippen molar-refractivity contribution in [1.29, 1.82) is 0 Å². The lowest BCUT2D eigenvalue weighted by Crippen LogP contribution is -2.31. The van der Waals surface area contributed by atoms with E-state index >= 15 is 0 Å². The molecule has 1 amide bonds. The van der Waals surface area contributed by atoms with Crippen LogP contribution in [0.1, 0.15) is 17.4 Å². The van der Waals surface area contributed by atoms with Gasteiger partial charge in [-0.3, -0.25) is 4.79 Å². The van der Waals surface area contributed by atoms with E-state index in [1.165, 1.54) is 19.2 Å². The summed E-state index contributed by atoms with van der Waals surface area (Å²) in [4.78, 5) is 16.4. The van der Waals surface area contributed by atoms with Gasteiger partial charge in [-0.2, -0.15) is 0 Å². The molecule has 1 N–H and O–H groups in total. The smallest absolute Gasteiger partial charge is 0.244 e. The van der Waals surface area contributed by atoms with Gasteiger partial charge in [0.25, 0.3) is 0 Å². The van der Waals surface area contributed by atoms with E-state index in [2.05, 4.69) is 10.3 Å². The molecule has 1 heterocycles. The molecule has 9 heteroatoms. The molecular formula is C14H14F2N2O3S2. The van der Waals surface area contributed by atoms with Gasteiger partial charge in [0.1, 0.15) is 16.9 Å². The number of anilines is 1. The first-order valence-corrected chi connectivity index (χ1v) is 9.32. The number of benzene rings is 1. The standard InChI is InChI=1S/C14H14F2N2O3S2/c1-8(23(2,20)21)13(19)18-14-17-7-11(22-14)5-9-3-4-10(15)6-12(9)16/h3-4,6-8H,5H2,1-2H3,(H,17,18,19). The van der Waals surface area contributed by atoms with Gasteiger partial charge < -0.3 is 5.32 Å². The van der Waals surface area contributed by atoms with Crippen LogP contribution in [0, 0.1) is 11.6 Å². The molecule has 1 unspecified atom stereocenters. The van der Waals surface area contributed by atoms with E-state index in [-0.39, 0.29) is 11.6 Å². The predicted octanol–water partition coefficient (Wildman–Crippen LogP) is 2.38. The second-order valence-corrected chi connectivity index (χ2v) is 8.49. The van der Waals surface area contributed by atoms with Gasteiger partial charge in [0.05, 0.1) is 0 Å². The molecule has 2 rings (SSSR count). The normalized spacial score (nSPS) is 12.9. The summed E-state index contributed by atoms with van der Waals surface area (Å²) >= 11 is 1.10. The summed E-state index contributed by atoms with van der Waals surface area (Å²) in [5, 5.41) is 1.45. The van der Waals surface area contributed by atoms with Crippen LogP contribution in [0.4, 0.5) is 13.9 Å². The van der Waals surface area contributed by atoms with Crippen molar-refractivity contribution in [3.8, 4) is 0 Å². The van der Waals surface area contributed by atoms with Crippen molar-refractivity contribution in [3.05, 3.63) is 46.5 Å². The number of thiazole rings is 1. The zero-order valence-corrected chi connectivity index (χ0v) is 14.0. The fourth-order valence-corrected chi connectivity index (χ4v) is 2.99. The summed E-state index contributed by atoms with van der Waals surface area (Å²) in [5.74, 6) is -1.99. The zero-order chi connectivity index (χ0) is 17.2. The third kappa shape index (κ3) is 4.55. The number of hydrogen-bond donors (Lipinski definition) is 1. The van der Waals surface area contributed by atoms with Gasteiger partial charge in [-0.15, -0.1) is 11.3 Å². The Hall–Kier alpha value is -1.87. The number of sulfone groups is 1. The number of nitrogens with zero attached hydrogens (tertiary/aromatic N) is 1. The fraction of sp³-hybridized carbons (Fsp3) is 0.286. The Morgan fingerprint density at radius 1 is 1.39 bits per heavy atom. The van der Waals surface area contributed by atoms with E-state index in [4.69, 9.17) is 0 Å². The lowest BCUT2D eigenvalue weighted by atomic mass is 10.1. The maximum Gasteiger partial charge on any atom is 0.244 e. The molecule has 0 spiro atoms. The summed E-state index contributed by atoms with van der Waals surface area (Å²) in [6.45, 7) is 1.28. The molecule has 2 aromatic rings. The van der Waals surface area contributed by atoms with Gasteiger partial charge in [-0.25, -0.2) is 22.2 Å². The van der Waals surface area contributed by atoms with Gasteiger partial charge in [0.15, 0.2) is 15.0 Å². The number of amides is 1. The maximum atomic E-state index is 13.6. The Balaban J connectivity index is 2.08. The highest BCUT2D eigenvalue weighted by molar-refractivity contribution is 7.92. The average Bonchev–Trinajstić information content (AvgIpc) is 2.87. The highest BCUT2D eigenvalue weighted by Crippen LogP contribution is 2.23. The summed E-state index contributed by atoms with van der Waals surface area (Å²) in [6, 6.07) is 3.30. The zero-order valence-electron chi connectivity index (χ0n) is 12.3. The molecule has 0 saturated carbocycles. The molecule has 124 valence electrons. The highest BCUT2D eigenvalue weighted by atomic mass is 32.2. The first-order valence-electron chi connectivity index (χ1n) is 6.55. The Bertz CT molecular complexity index is 834. The van der Waals surface area contributed by atoms with E-state index < -0.39 is 32.6 Å².